The number of rotatable bonds is 10. The van der Waals surface area contributed by atoms with Gasteiger partial charge in [-0.2, -0.15) is 0 Å². The Hall–Kier alpha value is -4.73. The van der Waals surface area contributed by atoms with Crippen molar-refractivity contribution in [2.45, 2.75) is 26.5 Å². The summed E-state index contributed by atoms with van der Waals surface area (Å²) >= 11 is 4.74. The van der Waals surface area contributed by atoms with Crippen LogP contribution in [0.25, 0.3) is 11.8 Å². The van der Waals surface area contributed by atoms with Gasteiger partial charge in [-0.1, -0.05) is 94.0 Å². The number of carbonyl (C=O) groups is 1. The average Bonchev–Trinajstić information content (AvgIpc) is 3.39. The van der Waals surface area contributed by atoms with Crippen molar-refractivity contribution < 1.29 is 19.0 Å². The molecule has 6 rings (SSSR count). The summed E-state index contributed by atoms with van der Waals surface area (Å²) in [5.41, 5.74) is 3.89. The Balaban J connectivity index is 1.46. The van der Waals surface area contributed by atoms with Crippen LogP contribution >= 0.6 is 27.3 Å². The van der Waals surface area contributed by atoms with Crippen LogP contribution in [-0.4, -0.2) is 23.8 Å². The highest BCUT2D eigenvalue weighted by Gasteiger charge is 2.35. The van der Waals surface area contributed by atoms with Crippen molar-refractivity contribution in [3.05, 3.63) is 155 Å². The van der Waals surface area contributed by atoms with E-state index in [2.05, 4.69) is 15.9 Å². The van der Waals surface area contributed by atoms with Crippen LogP contribution in [0.4, 0.5) is 0 Å². The predicted octanol–water partition coefficient (Wildman–Crippen LogP) is 6.68. The maximum atomic E-state index is 14.2. The quantitative estimate of drug-likeness (QED) is 0.153. The monoisotopic (exact) mass is 694 g/mol. The van der Waals surface area contributed by atoms with E-state index in [0.29, 0.717) is 45.3 Å². The van der Waals surface area contributed by atoms with Gasteiger partial charge in [0, 0.05) is 10.0 Å². The second-order valence-electron chi connectivity index (χ2n) is 10.4. The second-order valence-corrected chi connectivity index (χ2v) is 12.3. The van der Waals surface area contributed by atoms with Crippen LogP contribution in [-0.2, 0) is 16.1 Å². The van der Waals surface area contributed by atoms with Crippen molar-refractivity contribution in [3.8, 4) is 11.5 Å². The van der Waals surface area contributed by atoms with E-state index in [0.717, 1.165) is 26.7 Å². The van der Waals surface area contributed by atoms with Gasteiger partial charge in [-0.25, -0.2) is 9.79 Å². The number of fused-ring (bicyclic) bond motifs is 1. The molecule has 7 nitrogen and oxygen atoms in total. The number of hydrogen-bond acceptors (Lipinski definition) is 7. The summed E-state index contributed by atoms with van der Waals surface area (Å²) in [4.78, 5) is 33.3. The van der Waals surface area contributed by atoms with Crippen LogP contribution in [0.2, 0.25) is 0 Å². The molecule has 0 aliphatic carbocycles. The van der Waals surface area contributed by atoms with E-state index in [-0.39, 0.29) is 12.2 Å². The first-order valence-corrected chi connectivity index (χ1v) is 16.5. The van der Waals surface area contributed by atoms with Crippen molar-refractivity contribution >= 4 is 45.0 Å². The minimum absolute atomic E-state index is 0.186. The number of nitrogens with zero attached hydrogens (tertiary/aromatic N) is 2. The van der Waals surface area contributed by atoms with Crippen molar-refractivity contribution in [2.24, 2.45) is 4.99 Å². The SMILES string of the molecule is CCOC(=O)C1=C(c2ccccc2)N=c2s/c(=C\c3cccc(OCc4ccc(Br)cc4)c3)c(=O)n2[C@H]1c1ccc(OCC)cc1. The molecule has 0 spiro atoms. The van der Waals surface area contributed by atoms with Gasteiger partial charge in [-0.3, -0.25) is 9.36 Å². The molecular weight excluding hydrogens is 664 g/mol. The molecule has 0 saturated heterocycles. The third-order valence-corrected chi connectivity index (χ3v) is 8.87. The van der Waals surface area contributed by atoms with E-state index in [9.17, 15) is 9.59 Å². The zero-order chi connectivity index (χ0) is 32.0. The fraction of sp³-hybridized carbons (Fsp3) is 0.162. The van der Waals surface area contributed by atoms with Crippen molar-refractivity contribution in [2.75, 3.05) is 13.2 Å². The third kappa shape index (κ3) is 6.76. The van der Waals surface area contributed by atoms with Gasteiger partial charge in [0.15, 0.2) is 4.80 Å². The highest BCUT2D eigenvalue weighted by Crippen LogP contribution is 2.35. The van der Waals surface area contributed by atoms with E-state index in [4.69, 9.17) is 19.2 Å². The molecule has 0 N–H and O–H groups in total. The molecule has 4 aromatic carbocycles. The van der Waals surface area contributed by atoms with E-state index in [1.165, 1.54) is 11.3 Å². The molecule has 0 bridgehead atoms. The number of carbonyl (C=O) groups excluding carboxylic acids is 1. The van der Waals surface area contributed by atoms with Crippen LogP contribution in [0.3, 0.4) is 0 Å². The molecule has 1 aliphatic rings. The Kier molecular flexibility index (Phi) is 9.61. The maximum Gasteiger partial charge on any atom is 0.338 e. The molecule has 0 fully saturated rings. The molecule has 0 radical (unpaired) electrons. The zero-order valence-corrected chi connectivity index (χ0v) is 27.7. The topological polar surface area (TPSA) is 79.1 Å². The van der Waals surface area contributed by atoms with Crippen LogP contribution in [0.15, 0.2) is 123 Å². The van der Waals surface area contributed by atoms with Gasteiger partial charge < -0.3 is 14.2 Å². The van der Waals surface area contributed by atoms with Crippen molar-refractivity contribution in [3.63, 3.8) is 0 Å². The molecule has 1 aliphatic heterocycles. The lowest BCUT2D eigenvalue weighted by molar-refractivity contribution is -0.138. The summed E-state index contributed by atoms with van der Waals surface area (Å²) in [6.07, 6.45) is 1.84. The van der Waals surface area contributed by atoms with Crippen LogP contribution < -0.4 is 24.4 Å². The van der Waals surface area contributed by atoms with Gasteiger partial charge in [-0.05, 0) is 73.0 Å². The minimum Gasteiger partial charge on any atom is -0.494 e. The summed E-state index contributed by atoms with van der Waals surface area (Å²) in [5.74, 6) is 0.868. The van der Waals surface area contributed by atoms with Gasteiger partial charge in [0.1, 0.15) is 18.1 Å². The fourth-order valence-corrected chi connectivity index (χ4v) is 6.53. The van der Waals surface area contributed by atoms with Gasteiger partial charge in [0.05, 0.1) is 35.1 Å². The second kappa shape index (κ2) is 14.1. The molecule has 9 heteroatoms. The number of thiazole rings is 1. The summed E-state index contributed by atoms with van der Waals surface area (Å²) in [6, 6.07) is 31.8. The molecule has 1 atom stereocenters. The number of aromatic nitrogens is 1. The number of hydrogen-bond donors (Lipinski definition) is 0. The molecule has 0 amide bonds. The maximum absolute atomic E-state index is 14.2. The molecule has 46 heavy (non-hydrogen) atoms. The Bertz CT molecular complexity index is 2070. The van der Waals surface area contributed by atoms with Crippen molar-refractivity contribution in [1.82, 2.24) is 4.57 Å². The average molecular weight is 696 g/mol. The number of ether oxygens (including phenoxy) is 3. The smallest absolute Gasteiger partial charge is 0.338 e. The molecule has 1 aromatic heterocycles. The molecule has 0 saturated carbocycles. The molecule has 232 valence electrons. The molecule has 0 unspecified atom stereocenters. The number of esters is 1. The minimum atomic E-state index is -0.760. The Morgan fingerprint density at radius 2 is 1.65 bits per heavy atom. The lowest BCUT2D eigenvalue weighted by Crippen LogP contribution is -2.40. The van der Waals surface area contributed by atoms with Gasteiger partial charge in [0.25, 0.3) is 5.56 Å². The van der Waals surface area contributed by atoms with Crippen molar-refractivity contribution in [1.29, 1.82) is 0 Å². The van der Waals surface area contributed by atoms with Crippen LogP contribution in [0, 0.1) is 0 Å². The first-order valence-electron chi connectivity index (χ1n) is 14.9. The highest BCUT2D eigenvalue weighted by atomic mass is 79.9. The standard InChI is InChI=1S/C37H31BrN2O5S/c1-3-43-29-19-15-27(16-20-29)34-32(36(42)44-4-2)33(26-10-6-5-7-11-26)39-37-40(34)35(41)31(46-37)22-25-9-8-12-30(21-25)45-23-24-13-17-28(38)18-14-24/h5-22,34H,3-4,23H2,1-2H3/b31-22-/t34-/m0/s1. The lowest BCUT2D eigenvalue weighted by atomic mass is 9.93. The molecule has 2 heterocycles. The first-order chi connectivity index (χ1) is 22.4. The lowest BCUT2D eigenvalue weighted by Gasteiger charge is -2.26. The Morgan fingerprint density at radius 3 is 2.37 bits per heavy atom. The van der Waals surface area contributed by atoms with Crippen LogP contribution in [0.5, 0.6) is 11.5 Å². The highest BCUT2D eigenvalue weighted by molar-refractivity contribution is 9.10. The zero-order valence-electron chi connectivity index (χ0n) is 25.3. The van der Waals surface area contributed by atoms with E-state index in [1.807, 2.05) is 116 Å². The van der Waals surface area contributed by atoms with Gasteiger partial charge >= 0.3 is 5.97 Å². The molecule has 5 aromatic rings. The van der Waals surface area contributed by atoms with Gasteiger partial charge in [-0.15, -0.1) is 0 Å². The Labute approximate surface area is 278 Å². The summed E-state index contributed by atoms with van der Waals surface area (Å²) in [5, 5.41) is 0. The fourth-order valence-electron chi connectivity index (χ4n) is 5.26. The summed E-state index contributed by atoms with van der Waals surface area (Å²) in [6.45, 7) is 4.81. The number of benzene rings is 4. The summed E-state index contributed by atoms with van der Waals surface area (Å²) < 4.78 is 20.4. The Morgan fingerprint density at radius 1 is 0.891 bits per heavy atom. The summed E-state index contributed by atoms with van der Waals surface area (Å²) in [7, 11) is 0. The number of halogens is 1. The van der Waals surface area contributed by atoms with Crippen LogP contribution in [0.1, 0.15) is 42.1 Å². The first kappa shape index (κ1) is 31.3. The predicted molar refractivity (Wildman–Crippen MR) is 184 cm³/mol. The molecular formula is C37H31BrN2O5S. The van der Waals surface area contributed by atoms with E-state index in [1.54, 1.807) is 11.5 Å². The van der Waals surface area contributed by atoms with E-state index < -0.39 is 12.0 Å². The normalized spacial score (nSPS) is 14.4. The third-order valence-electron chi connectivity index (χ3n) is 7.36. The largest absolute Gasteiger partial charge is 0.494 e. The van der Waals surface area contributed by atoms with E-state index >= 15 is 0 Å². The van der Waals surface area contributed by atoms with Gasteiger partial charge in [0.2, 0.25) is 0 Å².